The lowest BCUT2D eigenvalue weighted by Crippen LogP contribution is -2.37. The number of halogens is 3. The molecular weight excluding hydrogens is 397 g/mol. The van der Waals surface area contributed by atoms with Crippen LogP contribution in [0.25, 0.3) is 11.4 Å². The number of sulfonamides is 1. The van der Waals surface area contributed by atoms with Crippen molar-refractivity contribution >= 4 is 21.7 Å². The zero-order valence-electron chi connectivity index (χ0n) is 14.7. The summed E-state index contributed by atoms with van der Waals surface area (Å²) in [6, 6.07) is 6.43. The molecule has 0 unspecified atom stereocenters. The van der Waals surface area contributed by atoms with Gasteiger partial charge in [0.1, 0.15) is 5.82 Å². The summed E-state index contributed by atoms with van der Waals surface area (Å²) in [4.78, 5) is 12.1. The van der Waals surface area contributed by atoms with Crippen LogP contribution in [0.5, 0.6) is 0 Å². The molecular formula is C16H15F3N6O2S. The second-order valence-electron chi connectivity index (χ2n) is 5.77. The average molecular weight is 412 g/mol. The van der Waals surface area contributed by atoms with Crippen molar-refractivity contribution in [2.75, 3.05) is 5.32 Å². The van der Waals surface area contributed by atoms with Crippen molar-refractivity contribution < 1.29 is 21.6 Å². The van der Waals surface area contributed by atoms with E-state index in [-0.39, 0.29) is 5.95 Å². The van der Waals surface area contributed by atoms with Gasteiger partial charge in [-0.15, -0.1) is 4.72 Å². The van der Waals surface area contributed by atoms with Crippen molar-refractivity contribution in [2.24, 2.45) is 7.05 Å². The summed E-state index contributed by atoms with van der Waals surface area (Å²) in [5, 5.41) is 2.88. The Morgan fingerprint density at radius 3 is 2.32 bits per heavy atom. The Balaban J connectivity index is 1.80. The van der Waals surface area contributed by atoms with Gasteiger partial charge in [-0.25, -0.2) is 23.4 Å². The van der Waals surface area contributed by atoms with Gasteiger partial charge in [-0.05, 0) is 37.3 Å². The lowest BCUT2D eigenvalue weighted by molar-refractivity contribution is -0.138. The molecule has 0 saturated heterocycles. The lowest BCUT2D eigenvalue weighted by atomic mass is 10.3. The van der Waals surface area contributed by atoms with Crippen LogP contribution in [0.3, 0.4) is 0 Å². The summed E-state index contributed by atoms with van der Waals surface area (Å²) in [7, 11) is -2.85. The topological polar surface area (TPSA) is 102 Å². The number of hydrogen-bond acceptors (Lipinski definition) is 6. The van der Waals surface area contributed by atoms with Gasteiger partial charge in [0, 0.05) is 18.9 Å². The van der Waals surface area contributed by atoms with Crippen molar-refractivity contribution in [3.63, 3.8) is 0 Å². The molecule has 12 heteroatoms. The van der Waals surface area contributed by atoms with Crippen molar-refractivity contribution in [1.82, 2.24) is 24.2 Å². The van der Waals surface area contributed by atoms with E-state index < -0.39 is 21.2 Å². The zero-order valence-corrected chi connectivity index (χ0v) is 15.5. The van der Waals surface area contributed by atoms with E-state index in [0.717, 1.165) is 23.7 Å². The van der Waals surface area contributed by atoms with Gasteiger partial charge < -0.3 is 9.88 Å². The van der Waals surface area contributed by atoms with E-state index >= 15 is 0 Å². The molecule has 2 N–H and O–H groups in total. The number of alkyl halides is 3. The normalized spacial score (nSPS) is 12.2. The van der Waals surface area contributed by atoms with E-state index in [4.69, 9.17) is 0 Å². The summed E-state index contributed by atoms with van der Waals surface area (Å²) < 4.78 is 62.7. The second-order valence-corrected chi connectivity index (χ2v) is 7.45. The van der Waals surface area contributed by atoms with Gasteiger partial charge in [0.2, 0.25) is 16.0 Å². The van der Waals surface area contributed by atoms with Crippen LogP contribution in [0.2, 0.25) is 0 Å². The van der Waals surface area contributed by atoms with Crippen LogP contribution in [0.15, 0.2) is 47.6 Å². The van der Waals surface area contributed by atoms with E-state index in [1.165, 1.54) is 12.1 Å². The first-order chi connectivity index (χ1) is 13.0. The number of rotatable bonds is 5. The minimum absolute atomic E-state index is 0.236. The van der Waals surface area contributed by atoms with Crippen LogP contribution < -0.4 is 10.0 Å². The zero-order chi connectivity index (χ0) is 20.5. The molecule has 0 bridgehead atoms. The fourth-order valence-electron chi connectivity index (χ4n) is 2.36. The third-order valence-corrected chi connectivity index (χ3v) is 5.20. The molecule has 0 radical (unpaired) electrons. The summed E-state index contributed by atoms with van der Waals surface area (Å²) in [5.74, 6) is 1.05. The quantitative estimate of drug-likeness (QED) is 0.625. The summed E-state index contributed by atoms with van der Waals surface area (Å²) in [5.41, 5.74) is 1.81. The first-order valence-corrected chi connectivity index (χ1v) is 9.33. The Bertz CT molecular complexity index is 1090. The maximum atomic E-state index is 12.3. The Morgan fingerprint density at radius 2 is 1.75 bits per heavy atom. The predicted molar refractivity (Wildman–Crippen MR) is 95.1 cm³/mol. The molecule has 28 heavy (non-hydrogen) atoms. The number of nitrogens with zero attached hydrogens (tertiary/aromatic N) is 4. The smallest absolute Gasteiger partial charge is 0.330 e. The SMILES string of the molecule is Cc1ncc(-c2ccnc(Nc3ccc(S(=O)(=O)NC(F)(F)F)cc3)n2)n1C. The summed E-state index contributed by atoms with van der Waals surface area (Å²) in [6.45, 7) is 1.85. The second kappa shape index (κ2) is 7.20. The molecule has 8 nitrogen and oxygen atoms in total. The predicted octanol–water partition coefficient (Wildman–Crippen LogP) is 2.73. The molecule has 1 aromatic carbocycles. The molecule has 0 atom stereocenters. The van der Waals surface area contributed by atoms with Crippen LogP contribution in [0.4, 0.5) is 24.8 Å². The summed E-state index contributed by atoms with van der Waals surface area (Å²) in [6.07, 6.45) is -1.83. The van der Waals surface area contributed by atoms with Crippen LogP contribution in [-0.2, 0) is 17.1 Å². The van der Waals surface area contributed by atoms with Gasteiger partial charge >= 0.3 is 6.30 Å². The molecule has 2 aromatic heterocycles. The van der Waals surface area contributed by atoms with E-state index in [2.05, 4.69) is 20.3 Å². The third kappa shape index (κ3) is 4.46. The maximum Gasteiger partial charge on any atom is 0.470 e. The first-order valence-electron chi connectivity index (χ1n) is 7.85. The number of benzene rings is 1. The molecule has 0 spiro atoms. The molecule has 148 valence electrons. The van der Waals surface area contributed by atoms with Gasteiger partial charge in [0.05, 0.1) is 22.5 Å². The highest BCUT2D eigenvalue weighted by Gasteiger charge is 2.34. The highest BCUT2D eigenvalue weighted by molar-refractivity contribution is 7.89. The number of nitrogens with one attached hydrogen (secondary N) is 2. The standard InChI is InChI=1S/C16H15F3N6O2S/c1-10-21-9-14(25(10)2)13-7-8-20-15(23-13)22-11-3-5-12(6-4-11)28(26,27)24-16(17,18)19/h3-9,24H,1-2H3,(H,20,22,23). The van der Waals surface area contributed by atoms with Crippen LogP contribution >= 0.6 is 0 Å². The Hall–Kier alpha value is -2.99. The number of anilines is 2. The van der Waals surface area contributed by atoms with E-state index in [1.807, 2.05) is 18.5 Å². The fourth-order valence-corrected chi connectivity index (χ4v) is 3.28. The molecule has 0 amide bonds. The molecule has 3 rings (SSSR count). The molecule has 0 aliphatic heterocycles. The minimum atomic E-state index is -5.05. The molecule has 2 heterocycles. The van der Waals surface area contributed by atoms with Gasteiger partial charge in [-0.1, -0.05) is 0 Å². The highest BCUT2D eigenvalue weighted by Crippen LogP contribution is 2.22. The number of hydrogen-bond donors (Lipinski definition) is 2. The number of aryl methyl sites for hydroxylation is 1. The average Bonchev–Trinajstić information content (AvgIpc) is 2.93. The number of aromatic nitrogens is 4. The Kier molecular flexibility index (Phi) is 5.08. The number of imidazole rings is 1. The third-order valence-electron chi connectivity index (χ3n) is 3.81. The van der Waals surface area contributed by atoms with Crippen molar-refractivity contribution in [1.29, 1.82) is 0 Å². The first kappa shape index (κ1) is 19.8. The van der Waals surface area contributed by atoms with Gasteiger partial charge in [-0.3, -0.25) is 0 Å². The molecule has 3 aromatic rings. The van der Waals surface area contributed by atoms with Crippen LogP contribution in [0.1, 0.15) is 5.82 Å². The van der Waals surface area contributed by atoms with Crippen molar-refractivity contribution in [2.45, 2.75) is 18.1 Å². The van der Waals surface area contributed by atoms with Gasteiger partial charge in [0.25, 0.3) is 0 Å². The van der Waals surface area contributed by atoms with Crippen LogP contribution in [0, 0.1) is 6.92 Å². The summed E-state index contributed by atoms with van der Waals surface area (Å²) >= 11 is 0. The molecule has 0 aliphatic rings. The van der Waals surface area contributed by atoms with Gasteiger partial charge in [-0.2, -0.15) is 13.2 Å². The van der Waals surface area contributed by atoms with E-state index in [0.29, 0.717) is 16.1 Å². The highest BCUT2D eigenvalue weighted by atomic mass is 32.2. The maximum absolute atomic E-state index is 12.3. The van der Waals surface area contributed by atoms with Crippen molar-refractivity contribution in [3.05, 3.63) is 48.5 Å². The monoisotopic (exact) mass is 412 g/mol. The van der Waals surface area contributed by atoms with Crippen molar-refractivity contribution in [3.8, 4) is 11.4 Å². The van der Waals surface area contributed by atoms with E-state index in [9.17, 15) is 21.6 Å². The Labute approximate surface area is 158 Å². The largest absolute Gasteiger partial charge is 0.470 e. The Morgan fingerprint density at radius 1 is 1.07 bits per heavy atom. The molecule has 0 aliphatic carbocycles. The van der Waals surface area contributed by atoms with Gasteiger partial charge in [0.15, 0.2) is 0 Å². The molecule has 0 fully saturated rings. The molecule has 0 saturated carbocycles. The van der Waals surface area contributed by atoms with E-state index in [1.54, 1.807) is 18.5 Å². The van der Waals surface area contributed by atoms with Crippen LogP contribution in [-0.4, -0.2) is 34.2 Å². The lowest BCUT2D eigenvalue weighted by Gasteiger charge is -2.10. The fraction of sp³-hybridized carbons (Fsp3) is 0.188. The minimum Gasteiger partial charge on any atom is -0.330 e.